The Bertz CT molecular complexity index is 1110. The van der Waals surface area contributed by atoms with Crippen molar-refractivity contribution in [3.8, 4) is 0 Å². The van der Waals surface area contributed by atoms with Crippen molar-refractivity contribution in [2.75, 3.05) is 11.9 Å². The van der Waals surface area contributed by atoms with Gasteiger partial charge in [-0.2, -0.15) is 5.10 Å². The molecule has 0 saturated carbocycles. The quantitative estimate of drug-likeness (QED) is 0.511. The van der Waals surface area contributed by atoms with Gasteiger partial charge in [-0.1, -0.05) is 0 Å². The van der Waals surface area contributed by atoms with E-state index in [1.807, 2.05) is 39.2 Å². The van der Waals surface area contributed by atoms with Gasteiger partial charge in [-0.05, 0) is 57.4 Å². The van der Waals surface area contributed by atoms with E-state index in [1.54, 1.807) is 16.6 Å². The molecule has 2 aromatic heterocycles. The summed E-state index contributed by atoms with van der Waals surface area (Å²) in [5.74, 6) is -0.446. The topological polar surface area (TPSA) is 85.6 Å². The second-order valence-electron chi connectivity index (χ2n) is 7.14. The number of aromatic nitrogens is 3. The summed E-state index contributed by atoms with van der Waals surface area (Å²) in [5.41, 5.74) is 5.06. The molecule has 0 aliphatic carbocycles. The smallest absolute Gasteiger partial charge is 0.338 e. The first-order valence-corrected chi connectivity index (χ1v) is 10.4. The zero-order valence-corrected chi connectivity index (χ0v) is 17.4. The highest BCUT2D eigenvalue weighted by atomic mass is 32.2. The first-order valence-electron chi connectivity index (χ1n) is 9.51. The first kappa shape index (κ1) is 19.4. The number of anilines is 1. The van der Waals surface area contributed by atoms with E-state index >= 15 is 0 Å². The molecule has 0 saturated heterocycles. The van der Waals surface area contributed by atoms with Gasteiger partial charge in [-0.15, -0.1) is 11.8 Å². The first-order chi connectivity index (χ1) is 13.9. The van der Waals surface area contributed by atoms with Crippen molar-refractivity contribution >= 4 is 35.0 Å². The van der Waals surface area contributed by atoms with Crippen molar-refractivity contribution in [3.63, 3.8) is 0 Å². The third-order valence-corrected chi connectivity index (χ3v) is 6.16. The number of thioether (sulfide) groups is 1. The molecule has 0 spiro atoms. The predicted molar refractivity (Wildman–Crippen MR) is 111 cm³/mol. The maximum atomic E-state index is 12.3. The second-order valence-corrected chi connectivity index (χ2v) is 8.52. The molecule has 29 heavy (non-hydrogen) atoms. The standard InChI is InChI=1S/C21H22N4O3S/c1-12-13(2)24-25-11-15(10-22-19(12)25)5-4-8-28-21(27)16-6-7-18-17(9-16)23-20(26)14(3)29-18/h6-7,9-11,14H,4-5,8H2,1-3H3,(H,23,26). The molecule has 7 nitrogen and oxygen atoms in total. The van der Waals surface area contributed by atoms with E-state index in [-0.39, 0.29) is 11.2 Å². The lowest BCUT2D eigenvalue weighted by molar-refractivity contribution is -0.115. The van der Waals surface area contributed by atoms with E-state index in [2.05, 4.69) is 15.4 Å². The monoisotopic (exact) mass is 410 g/mol. The van der Waals surface area contributed by atoms with Gasteiger partial charge in [-0.25, -0.2) is 14.3 Å². The number of ether oxygens (including phenoxy) is 1. The largest absolute Gasteiger partial charge is 0.462 e. The minimum absolute atomic E-state index is 0.0545. The fourth-order valence-corrected chi connectivity index (χ4v) is 4.12. The number of aryl methyl sites for hydroxylation is 3. The highest BCUT2D eigenvalue weighted by Crippen LogP contribution is 2.36. The Morgan fingerprint density at radius 1 is 1.34 bits per heavy atom. The molecule has 0 fully saturated rings. The zero-order valence-electron chi connectivity index (χ0n) is 16.6. The van der Waals surface area contributed by atoms with Crippen LogP contribution in [-0.4, -0.2) is 38.3 Å². The molecule has 1 amide bonds. The molecule has 1 unspecified atom stereocenters. The van der Waals surface area contributed by atoms with Crippen molar-refractivity contribution in [3.05, 3.63) is 53.0 Å². The van der Waals surface area contributed by atoms with Crippen molar-refractivity contribution in [2.45, 2.75) is 43.8 Å². The predicted octanol–water partition coefficient (Wildman–Crippen LogP) is 3.57. The van der Waals surface area contributed by atoms with Crippen LogP contribution in [0.3, 0.4) is 0 Å². The highest BCUT2D eigenvalue weighted by molar-refractivity contribution is 8.00. The Morgan fingerprint density at radius 3 is 3.00 bits per heavy atom. The van der Waals surface area contributed by atoms with Crippen LogP contribution in [0.2, 0.25) is 0 Å². The second kappa shape index (κ2) is 7.87. The number of nitrogens with one attached hydrogen (secondary N) is 1. The van der Waals surface area contributed by atoms with Crippen molar-refractivity contribution in [1.29, 1.82) is 0 Å². The van der Waals surface area contributed by atoms with E-state index in [1.165, 1.54) is 11.8 Å². The van der Waals surface area contributed by atoms with Crippen LogP contribution in [0.25, 0.3) is 5.65 Å². The lowest BCUT2D eigenvalue weighted by Crippen LogP contribution is -2.26. The van der Waals surface area contributed by atoms with E-state index in [4.69, 9.17) is 4.74 Å². The minimum Gasteiger partial charge on any atom is -0.462 e. The summed E-state index contributed by atoms with van der Waals surface area (Å²) < 4.78 is 7.20. The number of benzene rings is 1. The molecule has 3 aromatic rings. The van der Waals surface area contributed by atoms with Crippen molar-refractivity contribution in [1.82, 2.24) is 14.6 Å². The van der Waals surface area contributed by atoms with Crippen LogP contribution < -0.4 is 5.32 Å². The van der Waals surface area contributed by atoms with Gasteiger partial charge in [0.05, 0.1) is 28.8 Å². The van der Waals surface area contributed by atoms with Gasteiger partial charge in [0.25, 0.3) is 0 Å². The third kappa shape index (κ3) is 3.98. The summed E-state index contributed by atoms with van der Waals surface area (Å²) in [6, 6.07) is 5.26. The van der Waals surface area contributed by atoms with Gasteiger partial charge < -0.3 is 10.1 Å². The third-order valence-electron chi connectivity index (χ3n) is 4.98. The summed E-state index contributed by atoms with van der Waals surface area (Å²) in [5, 5.41) is 7.15. The van der Waals surface area contributed by atoms with Crippen LogP contribution in [0.5, 0.6) is 0 Å². The van der Waals surface area contributed by atoms with E-state index < -0.39 is 5.97 Å². The minimum atomic E-state index is -0.391. The molecule has 8 heteroatoms. The number of hydrogen-bond donors (Lipinski definition) is 1. The number of esters is 1. The fraction of sp³-hybridized carbons (Fsp3) is 0.333. The van der Waals surface area contributed by atoms with Crippen LogP contribution in [-0.2, 0) is 16.0 Å². The molecule has 150 valence electrons. The van der Waals surface area contributed by atoms with E-state index in [9.17, 15) is 9.59 Å². The molecule has 3 heterocycles. The SMILES string of the molecule is Cc1nn2cc(CCCOC(=O)c3ccc4c(c3)NC(=O)C(C)S4)cnc2c1C. The molecule has 1 aliphatic heterocycles. The number of fused-ring (bicyclic) bond motifs is 2. The highest BCUT2D eigenvalue weighted by Gasteiger charge is 2.24. The maximum absolute atomic E-state index is 12.3. The Balaban J connectivity index is 1.32. The number of carbonyl (C=O) groups excluding carboxylic acids is 2. The molecule has 1 aromatic carbocycles. The van der Waals surface area contributed by atoms with Crippen molar-refractivity contribution < 1.29 is 14.3 Å². The van der Waals surface area contributed by atoms with Gasteiger partial charge in [-0.3, -0.25) is 4.79 Å². The lowest BCUT2D eigenvalue weighted by Gasteiger charge is -2.21. The van der Waals surface area contributed by atoms with Crippen LogP contribution in [0.15, 0.2) is 35.5 Å². The molecule has 0 radical (unpaired) electrons. The molecule has 0 bridgehead atoms. The number of amides is 1. The number of hydrogen-bond acceptors (Lipinski definition) is 6. The van der Waals surface area contributed by atoms with Crippen LogP contribution in [0.1, 0.15) is 40.5 Å². The van der Waals surface area contributed by atoms with Crippen LogP contribution >= 0.6 is 11.8 Å². The fourth-order valence-electron chi connectivity index (χ4n) is 3.19. The van der Waals surface area contributed by atoms with Crippen LogP contribution in [0, 0.1) is 13.8 Å². The Hall–Kier alpha value is -2.87. The summed E-state index contributed by atoms with van der Waals surface area (Å²) in [6.45, 7) is 6.14. The number of nitrogens with zero attached hydrogens (tertiary/aromatic N) is 3. The molecular weight excluding hydrogens is 388 g/mol. The molecule has 1 N–H and O–H groups in total. The average Bonchev–Trinajstić information content (AvgIpc) is 2.99. The van der Waals surface area contributed by atoms with Gasteiger partial charge in [0.15, 0.2) is 5.65 Å². The Kier molecular flexibility index (Phi) is 5.27. The Morgan fingerprint density at radius 2 is 2.17 bits per heavy atom. The summed E-state index contributed by atoms with van der Waals surface area (Å²) in [6.07, 6.45) is 5.24. The lowest BCUT2D eigenvalue weighted by atomic mass is 10.2. The summed E-state index contributed by atoms with van der Waals surface area (Å²) in [7, 11) is 0. The molecular formula is C21H22N4O3S. The van der Waals surface area contributed by atoms with Crippen molar-refractivity contribution in [2.24, 2.45) is 0 Å². The number of carbonyl (C=O) groups is 2. The summed E-state index contributed by atoms with van der Waals surface area (Å²) >= 11 is 1.49. The normalized spacial score (nSPS) is 15.8. The van der Waals surface area contributed by atoms with Gasteiger partial charge in [0.2, 0.25) is 5.91 Å². The molecule has 4 rings (SSSR count). The van der Waals surface area contributed by atoms with E-state index in [0.29, 0.717) is 24.3 Å². The van der Waals surface area contributed by atoms with Gasteiger partial charge >= 0.3 is 5.97 Å². The Labute approximate surface area is 172 Å². The van der Waals surface area contributed by atoms with Gasteiger partial charge in [0, 0.05) is 22.9 Å². The van der Waals surface area contributed by atoms with Crippen LogP contribution in [0.4, 0.5) is 5.69 Å². The van der Waals surface area contributed by atoms with E-state index in [0.717, 1.165) is 33.8 Å². The summed E-state index contributed by atoms with van der Waals surface area (Å²) in [4.78, 5) is 29.6. The molecule has 1 aliphatic rings. The zero-order chi connectivity index (χ0) is 20.5. The molecule has 1 atom stereocenters. The maximum Gasteiger partial charge on any atom is 0.338 e. The number of rotatable bonds is 5. The van der Waals surface area contributed by atoms with Gasteiger partial charge in [0.1, 0.15) is 0 Å². The average molecular weight is 410 g/mol.